The van der Waals surface area contributed by atoms with Crippen LogP contribution in [0.2, 0.25) is 0 Å². The summed E-state index contributed by atoms with van der Waals surface area (Å²) in [5.41, 5.74) is 4.48. The monoisotopic (exact) mass is 241 g/mol. The number of esters is 1. The molecule has 0 aromatic carbocycles. The van der Waals surface area contributed by atoms with E-state index < -0.39 is 23.7 Å². The van der Waals surface area contributed by atoms with Crippen LogP contribution in [0.5, 0.6) is 0 Å². The summed E-state index contributed by atoms with van der Waals surface area (Å²) < 4.78 is 29.4. The first-order chi connectivity index (χ1) is 8.01. The number of nitrogens with zero attached hydrogens (tertiary/aromatic N) is 2. The molecular formula is C10H9F2N3O2. The number of alkyl halides is 2. The van der Waals surface area contributed by atoms with Gasteiger partial charge in [-0.1, -0.05) is 0 Å². The van der Waals surface area contributed by atoms with E-state index in [9.17, 15) is 13.6 Å². The summed E-state index contributed by atoms with van der Waals surface area (Å²) in [6, 6.07) is 1.56. The van der Waals surface area contributed by atoms with Crippen molar-refractivity contribution < 1.29 is 18.3 Å². The number of carbonyl (C=O) groups excluding carboxylic acids is 1. The minimum atomic E-state index is -2.89. The molecule has 7 heteroatoms. The van der Waals surface area contributed by atoms with Crippen LogP contribution >= 0.6 is 0 Å². The minimum Gasteiger partial charge on any atom is -0.469 e. The molecule has 0 saturated carbocycles. The molecule has 2 N–H and O–H groups in total. The van der Waals surface area contributed by atoms with Crippen LogP contribution in [0.4, 0.5) is 14.5 Å². The van der Waals surface area contributed by atoms with Gasteiger partial charge >= 0.3 is 5.97 Å². The van der Waals surface area contributed by atoms with Gasteiger partial charge in [0.05, 0.1) is 19.2 Å². The molecule has 0 unspecified atom stereocenters. The topological polar surface area (TPSA) is 89.0 Å². The molecule has 0 radical (unpaired) electrons. The second-order valence-corrected chi connectivity index (χ2v) is 3.12. The lowest BCUT2D eigenvalue weighted by atomic mass is 10.1. The van der Waals surface area contributed by atoms with Crippen LogP contribution in [0.1, 0.15) is 23.2 Å². The van der Waals surface area contributed by atoms with Crippen molar-refractivity contribution in [2.24, 2.45) is 0 Å². The third kappa shape index (κ3) is 2.66. The number of aromatic nitrogens is 1. The molecule has 0 saturated heterocycles. The van der Waals surface area contributed by atoms with Crippen LogP contribution in [0, 0.1) is 11.3 Å². The highest BCUT2D eigenvalue weighted by molar-refractivity contribution is 5.76. The molecule has 0 spiro atoms. The van der Waals surface area contributed by atoms with E-state index in [1.54, 1.807) is 6.07 Å². The van der Waals surface area contributed by atoms with Gasteiger partial charge in [0, 0.05) is 11.8 Å². The van der Waals surface area contributed by atoms with Crippen molar-refractivity contribution in [2.75, 3.05) is 12.8 Å². The maximum Gasteiger partial charge on any atom is 0.310 e. The molecule has 1 heterocycles. The fourth-order valence-corrected chi connectivity index (χ4v) is 1.23. The van der Waals surface area contributed by atoms with E-state index in [2.05, 4.69) is 9.72 Å². The highest BCUT2D eigenvalue weighted by atomic mass is 19.3. The molecule has 1 rings (SSSR count). The smallest absolute Gasteiger partial charge is 0.310 e. The number of anilines is 1. The fraction of sp³-hybridized carbons (Fsp3) is 0.300. The maximum absolute atomic E-state index is 12.5. The van der Waals surface area contributed by atoms with E-state index in [0.717, 1.165) is 6.20 Å². The number of hydrogen-bond donors (Lipinski definition) is 1. The SMILES string of the molecule is COC(=O)Cc1cnc(C(F)F)c(C#N)c1N. The molecule has 90 valence electrons. The van der Waals surface area contributed by atoms with Crippen molar-refractivity contribution in [2.45, 2.75) is 12.8 Å². The van der Waals surface area contributed by atoms with Crippen molar-refractivity contribution in [1.29, 1.82) is 5.26 Å². The molecule has 0 fully saturated rings. The molecule has 5 nitrogen and oxygen atoms in total. The van der Waals surface area contributed by atoms with Crippen molar-refractivity contribution >= 4 is 11.7 Å². The second-order valence-electron chi connectivity index (χ2n) is 3.12. The molecule has 1 aromatic heterocycles. The highest BCUT2D eigenvalue weighted by Gasteiger charge is 2.20. The van der Waals surface area contributed by atoms with Crippen molar-refractivity contribution in [3.8, 4) is 6.07 Å². The molecular weight excluding hydrogens is 232 g/mol. The van der Waals surface area contributed by atoms with Gasteiger partial charge in [-0.15, -0.1) is 0 Å². The number of rotatable bonds is 3. The Morgan fingerprint density at radius 2 is 2.35 bits per heavy atom. The Hall–Kier alpha value is -2.23. The third-order valence-electron chi connectivity index (χ3n) is 2.11. The molecule has 0 bridgehead atoms. The summed E-state index contributed by atoms with van der Waals surface area (Å²) in [5.74, 6) is -0.591. The van der Waals surface area contributed by atoms with Crippen molar-refractivity contribution in [3.63, 3.8) is 0 Å². The number of nitriles is 1. The quantitative estimate of drug-likeness (QED) is 0.803. The lowest BCUT2D eigenvalue weighted by Gasteiger charge is -2.09. The van der Waals surface area contributed by atoms with Crippen molar-refractivity contribution in [3.05, 3.63) is 23.0 Å². The molecule has 0 atom stereocenters. The first-order valence-corrected chi connectivity index (χ1v) is 4.53. The van der Waals surface area contributed by atoms with Gasteiger partial charge in [0.25, 0.3) is 6.43 Å². The zero-order valence-corrected chi connectivity index (χ0v) is 8.91. The second kappa shape index (κ2) is 5.21. The Labute approximate surface area is 95.8 Å². The number of carbonyl (C=O) groups is 1. The summed E-state index contributed by atoms with van der Waals surface area (Å²) in [5, 5.41) is 8.74. The van der Waals surface area contributed by atoms with Gasteiger partial charge in [-0.25, -0.2) is 8.78 Å². The fourth-order valence-electron chi connectivity index (χ4n) is 1.23. The molecule has 0 amide bonds. The van der Waals surface area contributed by atoms with Gasteiger partial charge in [0.2, 0.25) is 0 Å². The van der Waals surface area contributed by atoms with E-state index in [1.807, 2.05) is 0 Å². The van der Waals surface area contributed by atoms with Gasteiger partial charge < -0.3 is 10.5 Å². The first-order valence-electron chi connectivity index (χ1n) is 4.53. The van der Waals surface area contributed by atoms with E-state index >= 15 is 0 Å². The zero-order chi connectivity index (χ0) is 13.0. The van der Waals surface area contributed by atoms with Crippen LogP contribution in [0.15, 0.2) is 6.20 Å². The Kier molecular flexibility index (Phi) is 3.93. The number of pyridine rings is 1. The minimum absolute atomic E-state index is 0.164. The van der Waals surface area contributed by atoms with Gasteiger partial charge in [-0.05, 0) is 0 Å². The number of methoxy groups -OCH3 is 1. The van der Waals surface area contributed by atoms with E-state index in [1.165, 1.54) is 7.11 Å². The molecule has 0 aliphatic carbocycles. The summed E-state index contributed by atoms with van der Waals surface area (Å²) >= 11 is 0. The predicted molar refractivity (Wildman–Crippen MR) is 54.0 cm³/mol. The zero-order valence-electron chi connectivity index (χ0n) is 8.91. The number of hydrogen-bond acceptors (Lipinski definition) is 5. The van der Waals surface area contributed by atoms with Crippen LogP contribution in [-0.4, -0.2) is 18.1 Å². The van der Waals surface area contributed by atoms with Crippen LogP contribution in [-0.2, 0) is 16.0 Å². The average Bonchev–Trinajstić information content (AvgIpc) is 2.30. The van der Waals surface area contributed by atoms with Gasteiger partial charge in [0.1, 0.15) is 17.3 Å². The largest absolute Gasteiger partial charge is 0.469 e. The van der Waals surface area contributed by atoms with E-state index in [0.29, 0.717) is 0 Å². The Morgan fingerprint density at radius 3 is 2.82 bits per heavy atom. The van der Waals surface area contributed by atoms with Gasteiger partial charge in [-0.3, -0.25) is 9.78 Å². The summed E-state index contributed by atoms with van der Waals surface area (Å²) in [6.07, 6.45) is -2.05. The standard InChI is InChI=1S/C10H9F2N3O2/c1-17-7(16)2-5-4-15-9(10(11)12)6(3-13)8(5)14/h4,10H,2H2,1H3,(H2,14,15). The molecule has 17 heavy (non-hydrogen) atoms. The molecule has 0 aliphatic rings. The maximum atomic E-state index is 12.5. The average molecular weight is 241 g/mol. The third-order valence-corrected chi connectivity index (χ3v) is 2.11. The Bertz CT molecular complexity index is 483. The Morgan fingerprint density at radius 1 is 1.71 bits per heavy atom. The van der Waals surface area contributed by atoms with Crippen molar-refractivity contribution in [1.82, 2.24) is 4.98 Å². The lowest BCUT2D eigenvalue weighted by molar-refractivity contribution is -0.139. The van der Waals surface area contributed by atoms with E-state index in [-0.39, 0.29) is 17.7 Å². The Balaban J connectivity index is 3.21. The molecule has 1 aromatic rings. The number of ether oxygens (including phenoxy) is 1. The number of halogens is 2. The van der Waals surface area contributed by atoms with Crippen LogP contribution in [0.3, 0.4) is 0 Å². The first kappa shape index (κ1) is 12.8. The lowest BCUT2D eigenvalue weighted by Crippen LogP contribution is -2.10. The molecule has 0 aliphatic heterocycles. The van der Waals surface area contributed by atoms with Gasteiger partial charge in [0.15, 0.2) is 0 Å². The normalized spacial score (nSPS) is 10.1. The number of nitrogen functional groups attached to an aromatic ring is 1. The summed E-state index contributed by atoms with van der Waals surface area (Å²) in [4.78, 5) is 14.5. The van der Waals surface area contributed by atoms with Gasteiger partial charge in [-0.2, -0.15) is 5.26 Å². The number of nitrogens with two attached hydrogens (primary N) is 1. The summed E-state index contributed by atoms with van der Waals surface area (Å²) in [6.45, 7) is 0. The summed E-state index contributed by atoms with van der Waals surface area (Å²) in [7, 11) is 1.19. The highest BCUT2D eigenvalue weighted by Crippen LogP contribution is 2.26. The van der Waals surface area contributed by atoms with Crippen LogP contribution < -0.4 is 5.73 Å². The van der Waals surface area contributed by atoms with Crippen LogP contribution in [0.25, 0.3) is 0 Å². The van der Waals surface area contributed by atoms with E-state index in [4.69, 9.17) is 11.0 Å². The predicted octanol–water partition coefficient (Wildman–Crippen LogP) is 1.19.